The summed E-state index contributed by atoms with van der Waals surface area (Å²) in [5.74, 6) is -2.94. The summed E-state index contributed by atoms with van der Waals surface area (Å²) in [5.41, 5.74) is 0. The molecule has 0 aromatic carbocycles. The van der Waals surface area contributed by atoms with Crippen LogP contribution in [0.4, 0.5) is 0 Å². The van der Waals surface area contributed by atoms with Crippen LogP contribution in [0.5, 0.6) is 0 Å². The summed E-state index contributed by atoms with van der Waals surface area (Å²) < 4.78 is 0. The fourth-order valence-corrected chi connectivity index (χ4v) is 3.47. The van der Waals surface area contributed by atoms with E-state index in [0.717, 1.165) is 13.0 Å². The van der Waals surface area contributed by atoms with Crippen LogP contribution in [0.25, 0.3) is 0 Å². The minimum Gasteiger partial charge on any atom is -0.480 e. The lowest BCUT2D eigenvalue weighted by Gasteiger charge is -2.28. The van der Waals surface area contributed by atoms with Crippen LogP contribution in [0.2, 0.25) is 0 Å². The van der Waals surface area contributed by atoms with Crippen LogP contribution in [-0.4, -0.2) is 70.7 Å². The number of carboxylic acid groups (broad SMARTS) is 1. The second-order valence-corrected chi connectivity index (χ2v) is 8.78. The minimum absolute atomic E-state index is 0.0326. The predicted octanol–water partition coefficient (Wildman–Crippen LogP) is -0.250. The second-order valence-electron chi connectivity index (χ2n) is 8.78. The minimum atomic E-state index is -1.49. The number of nitrogens with one attached hydrogen (secondary N) is 4. The number of hydrogen-bond donors (Lipinski definition) is 6. The summed E-state index contributed by atoms with van der Waals surface area (Å²) in [7, 11) is 0. The van der Waals surface area contributed by atoms with Gasteiger partial charge in [-0.25, -0.2) is 4.79 Å². The first-order valence-corrected chi connectivity index (χ1v) is 11.0. The Morgan fingerprint density at radius 3 is 2.10 bits per heavy atom. The number of hydrogen-bond acceptors (Lipinski definition) is 6. The standard InChI is InChI=1S/C21H38N4O6/c1-6-12(4)16(24-18(27)14-8-7-9-22-14)20(29)23-15(10-11(2)3)19(28)25-17(13(5)26)21(30)31/h11-17,22,26H,6-10H2,1-5H3,(H,23,29)(H,24,27)(H,25,28)(H,30,31). The molecule has 10 heteroatoms. The smallest absolute Gasteiger partial charge is 0.328 e. The molecule has 1 saturated heterocycles. The molecule has 3 amide bonds. The largest absolute Gasteiger partial charge is 0.480 e. The Bertz CT molecular complexity index is 633. The normalized spacial score (nSPS) is 20.9. The zero-order valence-corrected chi connectivity index (χ0v) is 19.1. The van der Waals surface area contributed by atoms with Crippen molar-refractivity contribution in [3.05, 3.63) is 0 Å². The number of amides is 3. The van der Waals surface area contributed by atoms with Crippen LogP contribution in [-0.2, 0) is 19.2 Å². The van der Waals surface area contributed by atoms with Gasteiger partial charge in [0.25, 0.3) is 0 Å². The lowest BCUT2D eigenvalue weighted by Crippen LogP contribution is -2.59. The molecule has 178 valence electrons. The summed E-state index contributed by atoms with van der Waals surface area (Å²) in [6.45, 7) is 9.51. The molecule has 0 saturated carbocycles. The van der Waals surface area contributed by atoms with Crippen LogP contribution in [0.1, 0.15) is 60.3 Å². The molecule has 0 aromatic rings. The van der Waals surface area contributed by atoms with E-state index in [-0.39, 0.29) is 30.2 Å². The fraction of sp³-hybridized carbons (Fsp3) is 0.810. The zero-order valence-electron chi connectivity index (χ0n) is 19.1. The van der Waals surface area contributed by atoms with Gasteiger partial charge in [0.15, 0.2) is 6.04 Å². The maximum atomic E-state index is 13.1. The van der Waals surface area contributed by atoms with Crippen LogP contribution in [0.3, 0.4) is 0 Å². The van der Waals surface area contributed by atoms with Crippen molar-refractivity contribution in [2.24, 2.45) is 11.8 Å². The zero-order chi connectivity index (χ0) is 23.7. The van der Waals surface area contributed by atoms with Crippen LogP contribution < -0.4 is 21.3 Å². The topological polar surface area (TPSA) is 157 Å². The molecule has 1 aliphatic rings. The van der Waals surface area contributed by atoms with Crippen molar-refractivity contribution < 1.29 is 29.4 Å². The van der Waals surface area contributed by atoms with Gasteiger partial charge in [-0.05, 0) is 44.6 Å². The summed E-state index contributed by atoms with van der Waals surface area (Å²) in [4.78, 5) is 49.6. The van der Waals surface area contributed by atoms with Gasteiger partial charge in [0.05, 0.1) is 12.1 Å². The average Bonchev–Trinajstić information content (AvgIpc) is 3.22. The van der Waals surface area contributed by atoms with E-state index in [2.05, 4.69) is 21.3 Å². The Morgan fingerprint density at radius 2 is 1.65 bits per heavy atom. The Kier molecular flexibility index (Phi) is 10.9. The lowest BCUT2D eigenvalue weighted by atomic mass is 9.96. The molecular weight excluding hydrogens is 404 g/mol. The quantitative estimate of drug-likeness (QED) is 0.243. The Labute approximate surface area is 183 Å². The highest BCUT2D eigenvalue weighted by atomic mass is 16.4. The third kappa shape index (κ3) is 8.45. The van der Waals surface area contributed by atoms with Gasteiger partial charge in [0, 0.05) is 0 Å². The van der Waals surface area contributed by atoms with Gasteiger partial charge in [-0.3, -0.25) is 14.4 Å². The van der Waals surface area contributed by atoms with Crippen molar-refractivity contribution in [1.29, 1.82) is 0 Å². The van der Waals surface area contributed by atoms with Gasteiger partial charge >= 0.3 is 5.97 Å². The predicted molar refractivity (Wildman–Crippen MR) is 115 cm³/mol. The Hall–Kier alpha value is -2.20. The summed E-state index contributed by atoms with van der Waals surface area (Å²) in [6.07, 6.45) is 1.20. The molecule has 0 spiro atoms. The molecule has 1 rings (SSSR count). The van der Waals surface area contributed by atoms with Crippen molar-refractivity contribution in [2.75, 3.05) is 6.54 Å². The summed E-state index contributed by atoms with van der Waals surface area (Å²) in [6, 6.07) is -3.65. The van der Waals surface area contributed by atoms with Crippen molar-refractivity contribution >= 4 is 23.7 Å². The second kappa shape index (κ2) is 12.6. The molecule has 1 fully saturated rings. The molecule has 0 bridgehead atoms. The van der Waals surface area contributed by atoms with E-state index >= 15 is 0 Å². The average molecular weight is 443 g/mol. The number of aliphatic carboxylic acids is 1. The Morgan fingerprint density at radius 1 is 1.00 bits per heavy atom. The van der Waals surface area contributed by atoms with E-state index in [1.807, 2.05) is 27.7 Å². The molecule has 31 heavy (non-hydrogen) atoms. The van der Waals surface area contributed by atoms with Crippen molar-refractivity contribution in [3.63, 3.8) is 0 Å². The van der Waals surface area contributed by atoms with Gasteiger partial charge in [-0.1, -0.05) is 34.1 Å². The molecule has 0 aromatic heterocycles. The van der Waals surface area contributed by atoms with Crippen LogP contribution >= 0.6 is 0 Å². The molecule has 0 radical (unpaired) electrons. The van der Waals surface area contributed by atoms with Crippen molar-refractivity contribution in [1.82, 2.24) is 21.3 Å². The van der Waals surface area contributed by atoms with E-state index in [1.54, 1.807) is 0 Å². The number of aliphatic hydroxyl groups is 1. The van der Waals surface area contributed by atoms with E-state index < -0.39 is 42.0 Å². The highest BCUT2D eigenvalue weighted by Gasteiger charge is 2.34. The first kappa shape index (κ1) is 26.8. The number of carbonyl (C=O) groups is 4. The molecule has 1 aliphatic heterocycles. The molecule has 6 unspecified atom stereocenters. The highest BCUT2D eigenvalue weighted by molar-refractivity contribution is 5.94. The molecule has 1 heterocycles. The monoisotopic (exact) mass is 442 g/mol. The first-order valence-electron chi connectivity index (χ1n) is 11.0. The lowest BCUT2D eigenvalue weighted by molar-refractivity contribution is -0.145. The number of aliphatic hydroxyl groups excluding tert-OH is 1. The number of carbonyl (C=O) groups excluding carboxylic acids is 3. The van der Waals surface area contributed by atoms with Crippen LogP contribution in [0.15, 0.2) is 0 Å². The SMILES string of the molecule is CCC(C)C(NC(=O)C1CCCN1)C(=O)NC(CC(C)C)C(=O)NC(C(=O)O)C(C)O. The third-order valence-corrected chi connectivity index (χ3v) is 5.56. The molecule has 6 N–H and O–H groups in total. The van der Waals surface area contributed by atoms with Gasteiger partial charge in [0.1, 0.15) is 12.1 Å². The molecular formula is C21H38N4O6. The first-order chi connectivity index (χ1) is 14.5. The van der Waals surface area contributed by atoms with Crippen LogP contribution in [0, 0.1) is 11.8 Å². The van der Waals surface area contributed by atoms with Gasteiger partial charge in [-0.15, -0.1) is 0 Å². The number of carboxylic acids is 1. The summed E-state index contributed by atoms with van der Waals surface area (Å²) in [5, 5.41) is 29.7. The van der Waals surface area contributed by atoms with Crippen molar-refractivity contribution in [2.45, 2.75) is 90.6 Å². The van der Waals surface area contributed by atoms with Gasteiger partial charge in [0.2, 0.25) is 17.7 Å². The van der Waals surface area contributed by atoms with Gasteiger partial charge in [-0.2, -0.15) is 0 Å². The van der Waals surface area contributed by atoms with E-state index in [0.29, 0.717) is 12.8 Å². The Balaban J connectivity index is 2.94. The molecule has 6 atom stereocenters. The fourth-order valence-electron chi connectivity index (χ4n) is 3.47. The van der Waals surface area contributed by atoms with E-state index in [4.69, 9.17) is 0 Å². The maximum absolute atomic E-state index is 13.1. The van der Waals surface area contributed by atoms with Gasteiger partial charge < -0.3 is 31.5 Å². The number of rotatable bonds is 12. The highest BCUT2D eigenvalue weighted by Crippen LogP contribution is 2.13. The molecule has 10 nitrogen and oxygen atoms in total. The summed E-state index contributed by atoms with van der Waals surface area (Å²) >= 11 is 0. The van der Waals surface area contributed by atoms with E-state index in [9.17, 15) is 29.4 Å². The van der Waals surface area contributed by atoms with Crippen molar-refractivity contribution in [3.8, 4) is 0 Å². The molecule has 0 aliphatic carbocycles. The third-order valence-electron chi connectivity index (χ3n) is 5.56. The maximum Gasteiger partial charge on any atom is 0.328 e. The van der Waals surface area contributed by atoms with E-state index in [1.165, 1.54) is 6.92 Å².